The van der Waals surface area contributed by atoms with Crippen LogP contribution in [0.2, 0.25) is 0 Å². The minimum atomic E-state index is -0.422. The Morgan fingerprint density at radius 1 is 1.23 bits per heavy atom. The van der Waals surface area contributed by atoms with Crippen molar-refractivity contribution in [2.24, 2.45) is 11.8 Å². The summed E-state index contributed by atoms with van der Waals surface area (Å²) in [5.41, 5.74) is 4.59. The molecular formula is C28H30F2N4O. The van der Waals surface area contributed by atoms with E-state index in [0.717, 1.165) is 44.1 Å². The highest BCUT2D eigenvalue weighted by atomic mass is 19.1. The molecule has 35 heavy (non-hydrogen) atoms. The van der Waals surface area contributed by atoms with E-state index in [4.69, 9.17) is 5.10 Å². The second-order valence-corrected chi connectivity index (χ2v) is 10.7. The van der Waals surface area contributed by atoms with Crippen LogP contribution in [0.3, 0.4) is 0 Å². The molecule has 5 atom stereocenters. The number of hydrogen-bond donors (Lipinski definition) is 2. The van der Waals surface area contributed by atoms with Crippen molar-refractivity contribution in [3.63, 3.8) is 0 Å². The van der Waals surface area contributed by atoms with Crippen LogP contribution in [0, 0.1) is 23.5 Å². The van der Waals surface area contributed by atoms with E-state index in [0.29, 0.717) is 30.1 Å². The van der Waals surface area contributed by atoms with Gasteiger partial charge < -0.3 is 5.32 Å². The summed E-state index contributed by atoms with van der Waals surface area (Å²) in [4.78, 5) is 16.5. The maximum atomic E-state index is 14.6. The van der Waals surface area contributed by atoms with Crippen LogP contribution in [-0.2, 0) is 16.6 Å². The fourth-order valence-corrected chi connectivity index (χ4v) is 7.57. The molecule has 7 heteroatoms. The highest BCUT2D eigenvalue weighted by Gasteiger charge is 2.58. The van der Waals surface area contributed by atoms with Gasteiger partial charge in [0.25, 0.3) is 0 Å². The van der Waals surface area contributed by atoms with Crippen molar-refractivity contribution in [3.05, 3.63) is 76.7 Å². The number of amides is 1. The van der Waals surface area contributed by atoms with E-state index in [9.17, 15) is 13.6 Å². The van der Waals surface area contributed by atoms with Gasteiger partial charge in [0.05, 0.1) is 5.69 Å². The topological polar surface area (TPSA) is 70.7 Å². The summed E-state index contributed by atoms with van der Waals surface area (Å²) >= 11 is 0. The lowest BCUT2D eigenvalue weighted by Crippen LogP contribution is -2.44. The van der Waals surface area contributed by atoms with Gasteiger partial charge in [-0.15, -0.1) is 0 Å². The minimum absolute atomic E-state index is 0.000259. The zero-order valence-corrected chi connectivity index (χ0v) is 19.9. The van der Waals surface area contributed by atoms with E-state index in [1.165, 1.54) is 35.2 Å². The summed E-state index contributed by atoms with van der Waals surface area (Å²) in [5.74, 6) is 1.20. The summed E-state index contributed by atoms with van der Waals surface area (Å²) in [6, 6.07) is 8.05. The van der Waals surface area contributed by atoms with Crippen molar-refractivity contribution in [2.45, 2.75) is 69.1 Å². The Morgan fingerprint density at radius 3 is 2.97 bits per heavy atom. The number of halogens is 2. The summed E-state index contributed by atoms with van der Waals surface area (Å²) in [6.45, 7) is 2.36. The number of H-pyrrole nitrogens is 1. The van der Waals surface area contributed by atoms with E-state index in [1.54, 1.807) is 6.07 Å². The smallest absolute Gasteiger partial charge is 0.225 e. The van der Waals surface area contributed by atoms with Crippen molar-refractivity contribution >= 4 is 11.7 Å². The molecule has 3 aromatic rings. The van der Waals surface area contributed by atoms with Gasteiger partial charge in [0.15, 0.2) is 0 Å². The Morgan fingerprint density at radius 2 is 2.11 bits per heavy atom. The molecule has 2 aromatic heterocycles. The monoisotopic (exact) mass is 476 g/mol. The van der Waals surface area contributed by atoms with Crippen LogP contribution in [-0.4, -0.2) is 21.1 Å². The van der Waals surface area contributed by atoms with Crippen molar-refractivity contribution in [1.29, 1.82) is 0 Å². The number of rotatable bonds is 5. The van der Waals surface area contributed by atoms with E-state index >= 15 is 0 Å². The molecule has 0 bridgehead atoms. The number of fused-ring (bicyclic) bond motifs is 7. The fourth-order valence-electron chi connectivity index (χ4n) is 7.57. The number of nitrogens with one attached hydrogen (secondary N) is 2. The lowest BCUT2D eigenvalue weighted by molar-refractivity contribution is -0.116. The summed E-state index contributed by atoms with van der Waals surface area (Å²) in [6.07, 6.45) is 9.23. The van der Waals surface area contributed by atoms with Crippen molar-refractivity contribution in [2.75, 3.05) is 5.32 Å². The zero-order chi connectivity index (χ0) is 24.2. The number of carbonyl (C=O) groups excluding carboxylic acids is 1. The van der Waals surface area contributed by atoms with E-state index < -0.39 is 5.82 Å². The molecule has 3 aliphatic rings. The Bertz CT molecular complexity index is 1270. The molecule has 5 nitrogen and oxygen atoms in total. The SMILES string of the molecule is C[C@]12CCC3c4cccc(F)c4CCC3C1[C@H](CCCC(=O)Nc1cc(F)ccn1)c1c[nH]nc12. The number of hydrogen-bond acceptors (Lipinski definition) is 3. The molecule has 0 saturated heterocycles. The Labute approximate surface area is 203 Å². The molecule has 6 rings (SSSR count). The zero-order valence-electron chi connectivity index (χ0n) is 19.9. The third-order valence-corrected chi connectivity index (χ3v) is 8.92. The van der Waals surface area contributed by atoms with Gasteiger partial charge in [-0.05, 0) is 91.0 Å². The number of anilines is 1. The Hall–Kier alpha value is -3.09. The molecule has 0 radical (unpaired) electrons. The first-order chi connectivity index (χ1) is 17.0. The number of aromatic nitrogens is 3. The van der Waals surface area contributed by atoms with Gasteiger partial charge in [0.2, 0.25) is 5.91 Å². The maximum Gasteiger partial charge on any atom is 0.225 e. The standard InChI is InChI=1S/C28H30F2N4O/c1-28-12-10-18-17-4-2-6-23(30)19(17)8-9-21(18)26(28)20(22-15-32-34-27(22)28)5-3-7-25(35)33-24-14-16(29)11-13-31-24/h2,4,6,11,13-15,18,20-21,26H,3,5,7-10,12H2,1H3,(H,32,34)(H,31,33,35)/t18?,20-,21?,26?,28+/m1/s1. The van der Waals surface area contributed by atoms with Gasteiger partial charge in [-0.25, -0.2) is 13.8 Å². The first kappa shape index (κ1) is 22.4. The van der Waals surface area contributed by atoms with Crippen molar-refractivity contribution in [1.82, 2.24) is 15.2 Å². The number of nitrogens with zero attached hydrogens (tertiary/aromatic N) is 2. The molecule has 182 valence electrons. The van der Waals surface area contributed by atoms with Crippen LogP contribution in [0.5, 0.6) is 0 Å². The average molecular weight is 477 g/mol. The third kappa shape index (κ3) is 3.67. The van der Waals surface area contributed by atoms with Crippen LogP contribution >= 0.6 is 0 Å². The third-order valence-electron chi connectivity index (χ3n) is 8.92. The van der Waals surface area contributed by atoms with E-state index in [-0.39, 0.29) is 23.0 Å². The predicted octanol–water partition coefficient (Wildman–Crippen LogP) is 6.00. The molecular weight excluding hydrogens is 446 g/mol. The predicted molar refractivity (Wildman–Crippen MR) is 129 cm³/mol. The lowest BCUT2D eigenvalue weighted by Gasteiger charge is -2.50. The summed E-state index contributed by atoms with van der Waals surface area (Å²) < 4.78 is 28.0. The highest BCUT2D eigenvalue weighted by molar-refractivity contribution is 5.89. The van der Waals surface area contributed by atoms with Gasteiger partial charge >= 0.3 is 0 Å². The molecule has 1 saturated carbocycles. The molecule has 1 aromatic carbocycles. The van der Waals surface area contributed by atoms with Crippen molar-refractivity contribution < 1.29 is 13.6 Å². The molecule has 1 fully saturated rings. The molecule has 3 aliphatic carbocycles. The molecule has 0 spiro atoms. The van der Waals surface area contributed by atoms with Crippen LogP contribution in [0.25, 0.3) is 0 Å². The van der Waals surface area contributed by atoms with E-state index in [1.807, 2.05) is 12.3 Å². The highest BCUT2D eigenvalue weighted by Crippen LogP contribution is 2.64. The largest absolute Gasteiger partial charge is 0.311 e. The molecule has 1 amide bonds. The lowest BCUT2D eigenvalue weighted by atomic mass is 9.53. The molecule has 3 unspecified atom stereocenters. The maximum absolute atomic E-state index is 14.6. The number of aromatic amines is 1. The second-order valence-electron chi connectivity index (χ2n) is 10.7. The van der Waals surface area contributed by atoms with Crippen molar-refractivity contribution in [3.8, 4) is 0 Å². The first-order valence-corrected chi connectivity index (χ1v) is 12.7. The number of benzene rings is 1. The van der Waals surface area contributed by atoms with Crippen LogP contribution in [0.15, 0.2) is 42.7 Å². The second kappa shape index (κ2) is 8.54. The minimum Gasteiger partial charge on any atom is -0.311 e. The summed E-state index contributed by atoms with van der Waals surface area (Å²) in [7, 11) is 0. The Kier molecular flexibility index (Phi) is 5.46. The van der Waals surface area contributed by atoms with Crippen LogP contribution in [0.1, 0.15) is 79.7 Å². The number of carbonyl (C=O) groups is 1. The normalized spacial score (nSPS) is 28.5. The van der Waals surface area contributed by atoms with Gasteiger partial charge in [-0.3, -0.25) is 9.89 Å². The van der Waals surface area contributed by atoms with Gasteiger partial charge in [-0.1, -0.05) is 19.1 Å². The molecule has 2 heterocycles. The fraction of sp³-hybridized carbons (Fsp3) is 0.464. The van der Waals surface area contributed by atoms with Crippen LogP contribution in [0.4, 0.5) is 14.6 Å². The Balaban J connectivity index is 1.21. The van der Waals surface area contributed by atoms with E-state index in [2.05, 4.69) is 28.4 Å². The average Bonchev–Trinajstić information content (AvgIpc) is 3.41. The van der Waals surface area contributed by atoms with Gasteiger partial charge in [0, 0.05) is 30.3 Å². The summed E-state index contributed by atoms with van der Waals surface area (Å²) in [5, 5.41) is 10.5. The van der Waals surface area contributed by atoms with Gasteiger partial charge in [0.1, 0.15) is 17.5 Å². The van der Waals surface area contributed by atoms with Gasteiger partial charge in [-0.2, -0.15) is 5.10 Å². The molecule has 0 aliphatic heterocycles. The quantitative estimate of drug-likeness (QED) is 0.474. The number of pyridine rings is 1. The first-order valence-electron chi connectivity index (χ1n) is 12.7. The van der Waals surface area contributed by atoms with Crippen LogP contribution < -0.4 is 5.32 Å². The molecule has 2 N–H and O–H groups in total.